The summed E-state index contributed by atoms with van der Waals surface area (Å²) < 4.78 is 0. The van der Waals surface area contributed by atoms with Crippen LogP contribution in [0.2, 0.25) is 0 Å². The lowest BCUT2D eigenvalue weighted by Crippen LogP contribution is -1.95. The van der Waals surface area contributed by atoms with E-state index in [1.54, 1.807) is 0 Å². The standard InChI is InChI=1S/C52H32/c1-4-16-33(17-5-1)46-38-24-10-12-26-40(38)48(41-27-13-11-25-39(41)46)37-30-31-42-45(32-37)50(36-20-8-3-9-21-36)52-44-29-15-23-34-22-14-28-43(47(34)44)51(52)49(42)35-18-6-2-7-19-35/h1-32H. The van der Waals surface area contributed by atoms with Crippen LogP contribution in [0, 0.1) is 0 Å². The third-order valence-corrected chi connectivity index (χ3v) is 11.2. The quantitative estimate of drug-likeness (QED) is 0.165. The van der Waals surface area contributed by atoms with E-state index in [-0.39, 0.29) is 0 Å². The Morgan fingerprint density at radius 2 is 0.596 bits per heavy atom. The summed E-state index contributed by atoms with van der Waals surface area (Å²) in [5, 5.41) is 10.2. The van der Waals surface area contributed by atoms with Gasteiger partial charge in [-0.3, -0.25) is 0 Å². The molecule has 0 aromatic heterocycles. The third-order valence-electron chi connectivity index (χ3n) is 11.2. The normalized spacial score (nSPS) is 11.8. The van der Waals surface area contributed by atoms with Crippen LogP contribution in [0.1, 0.15) is 0 Å². The molecule has 240 valence electrons. The first-order chi connectivity index (χ1) is 25.8. The van der Waals surface area contributed by atoms with Crippen LogP contribution in [0.5, 0.6) is 0 Å². The van der Waals surface area contributed by atoms with E-state index >= 15 is 0 Å². The minimum absolute atomic E-state index is 1.23. The molecule has 10 aromatic carbocycles. The van der Waals surface area contributed by atoms with E-state index in [9.17, 15) is 0 Å². The minimum Gasteiger partial charge on any atom is -0.0622 e. The lowest BCUT2D eigenvalue weighted by atomic mass is 9.81. The van der Waals surface area contributed by atoms with E-state index in [1.807, 2.05) is 0 Å². The molecule has 10 aromatic rings. The molecular weight excluding hydrogens is 625 g/mol. The molecule has 1 aliphatic carbocycles. The van der Waals surface area contributed by atoms with Crippen LogP contribution in [-0.2, 0) is 0 Å². The van der Waals surface area contributed by atoms with Gasteiger partial charge < -0.3 is 0 Å². The largest absolute Gasteiger partial charge is 0.0622 e. The molecule has 0 spiro atoms. The zero-order valence-electron chi connectivity index (χ0n) is 28.5. The van der Waals surface area contributed by atoms with Gasteiger partial charge in [-0.05, 0) is 116 Å². The first-order valence-electron chi connectivity index (χ1n) is 18.1. The van der Waals surface area contributed by atoms with Crippen molar-refractivity contribution in [2.45, 2.75) is 0 Å². The van der Waals surface area contributed by atoms with Crippen LogP contribution in [0.4, 0.5) is 0 Å². The van der Waals surface area contributed by atoms with Gasteiger partial charge in [-0.2, -0.15) is 0 Å². The van der Waals surface area contributed by atoms with Gasteiger partial charge in [0.2, 0.25) is 0 Å². The van der Waals surface area contributed by atoms with Crippen LogP contribution in [0.3, 0.4) is 0 Å². The monoisotopic (exact) mass is 656 g/mol. The third kappa shape index (κ3) is 4.16. The van der Waals surface area contributed by atoms with Crippen molar-refractivity contribution >= 4 is 43.1 Å². The summed E-state index contributed by atoms with van der Waals surface area (Å²) in [6, 6.07) is 71.7. The van der Waals surface area contributed by atoms with Crippen molar-refractivity contribution in [2.75, 3.05) is 0 Å². The molecule has 0 aliphatic heterocycles. The fraction of sp³-hybridized carbons (Fsp3) is 0. The molecule has 11 rings (SSSR count). The number of hydrogen-bond donors (Lipinski definition) is 0. The average Bonchev–Trinajstić information content (AvgIpc) is 3.54. The zero-order chi connectivity index (χ0) is 34.2. The molecule has 0 amide bonds. The Kier molecular flexibility index (Phi) is 6.35. The average molecular weight is 657 g/mol. The van der Waals surface area contributed by atoms with Gasteiger partial charge in [0.25, 0.3) is 0 Å². The van der Waals surface area contributed by atoms with Crippen molar-refractivity contribution < 1.29 is 0 Å². The molecule has 52 heavy (non-hydrogen) atoms. The summed E-state index contributed by atoms with van der Waals surface area (Å²) in [5.74, 6) is 0. The van der Waals surface area contributed by atoms with Crippen molar-refractivity contribution in [3.63, 3.8) is 0 Å². The SMILES string of the molecule is c1ccc(-c2c3c(c(-c4ccccc4)c4cc(-c5c6ccccc6c(-c6ccccc6)c6ccccc56)ccc24)-c2cccc4cccc-3c24)cc1. The van der Waals surface area contributed by atoms with Gasteiger partial charge in [0.05, 0.1) is 0 Å². The van der Waals surface area contributed by atoms with Crippen LogP contribution < -0.4 is 0 Å². The van der Waals surface area contributed by atoms with Crippen LogP contribution in [-0.4, -0.2) is 0 Å². The summed E-state index contributed by atoms with van der Waals surface area (Å²) in [6.45, 7) is 0. The highest BCUT2D eigenvalue weighted by Crippen LogP contribution is 2.58. The summed E-state index contributed by atoms with van der Waals surface area (Å²) in [7, 11) is 0. The molecule has 0 N–H and O–H groups in total. The summed E-state index contributed by atoms with van der Waals surface area (Å²) in [4.78, 5) is 0. The van der Waals surface area contributed by atoms with Crippen molar-refractivity contribution in [3.8, 4) is 66.8 Å². The van der Waals surface area contributed by atoms with Crippen molar-refractivity contribution in [3.05, 3.63) is 194 Å². The van der Waals surface area contributed by atoms with Gasteiger partial charge in [-0.25, -0.2) is 0 Å². The Morgan fingerprint density at radius 3 is 1.08 bits per heavy atom. The lowest BCUT2D eigenvalue weighted by Gasteiger charge is -2.22. The first kappa shape index (κ1) is 29.0. The van der Waals surface area contributed by atoms with E-state index in [2.05, 4.69) is 194 Å². The van der Waals surface area contributed by atoms with Crippen molar-refractivity contribution in [2.24, 2.45) is 0 Å². The smallest absolute Gasteiger partial charge is 0.000741 e. The highest BCUT2D eigenvalue weighted by molar-refractivity contribution is 6.28. The van der Waals surface area contributed by atoms with E-state index in [4.69, 9.17) is 0 Å². The lowest BCUT2D eigenvalue weighted by molar-refractivity contribution is 1.62. The van der Waals surface area contributed by atoms with Crippen LogP contribution in [0.15, 0.2) is 194 Å². The fourth-order valence-electron chi connectivity index (χ4n) is 9.10. The Bertz CT molecular complexity index is 2960. The number of rotatable bonds is 4. The van der Waals surface area contributed by atoms with Crippen LogP contribution in [0.25, 0.3) is 110 Å². The maximum absolute atomic E-state index is 2.49. The van der Waals surface area contributed by atoms with Crippen molar-refractivity contribution in [1.82, 2.24) is 0 Å². The molecule has 0 nitrogen and oxygen atoms in total. The second kappa shape index (κ2) is 11.4. The number of hydrogen-bond acceptors (Lipinski definition) is 0. The second-order valence-electron chi connectivity index (χ2n) is 13.9. The first-order valence-corrected chi connectivity index (χ1v) is 18.1. The molecule has 0 atom stereocenters. The van der Waals surface area contributed by atoms with E-state index in [0.29, 0.717) is 0 Å². The van der Waals surface area contributed by atoms with Gasteiger partial charge in [0.1, 0.15) is 0 Å². The molecule has 1 aliphatic rings. The Hall–Kier alpha value is -6.76. The maximum atomic E-state index is 2.49. The molecule has 0 bridgehead atoms. The Balaban J connectivity index is 1.32. The van der Waals surface area contributed by atoms with Crippen LogP contribution >= 0.6 is 0 Å². The van der Waals surface area contributed by atoms with E-state index in [1.165, 1.54) is 110 Å². The Morgan fingerprint density at radius 1 is 0.212 bits per heavy atom. The van der Waals surface area contributed by atoms with Gasteiger partial charge in [-0.15, -0.1) is 0 Å². The molecule has 0 radical (unpaired) electrons. The molecular formula is C52H32. The van der Waals surface area contributed by atoms with E-state index in [0.717, 1.165) is 0 Å². The molecule has 0 heteroatoms. The maximum Gasteiger partial charge on any atom is -0.000741 e. The molecule has 0 unspecified atom stereocenters. The van der Waals surface area contributed by atoms with Gasteiger partial charge in [0, 0.05) is 0 Å². The van der Waals surface area contributed by atoms with Gasteiger partial charge >= 0.3 is 0 Å². The second-order valence-corrected chi connectivity index (χ2v) is 13.9. The molecule has 0 heterocycles. The minimum atomic E-state index is 1.23. The summed E-state index contributed by atoms with van der Waals surface area (Å²) >= 11 is 0. The molecule has 0 saturated heterocycles. The highest BCUT2D eigenvalue weighted by Gasteiger charge is 2.30. The molecule has 0 fully saturated rings. The summed E-state index contributed by atoms with van der Waals surface area (Å²) in [6.07, 6.45) is 0. The van der Waals surface area contributed by atoms with Gasteiger partial charge in [0.15, 0.2) is 0 Å². The fourth-order valence-corrected chi connectivity index (χ4v) is 9.10. The van der Waals surface area contributed by atoms with Gasteiger partial charge in [-0.1, -0.05) is 188 Å². The predicted octanol–water partition coefficient (Wildman–Crippen LogP) is 14.6. The highest BCUT2D eigenvalue weighted by atomic mass is 14.3. The van der Waals surface area contributed by atoms with Crippen molar-refractivity contribution in [1.29, 1.82) is 0 Å². The number of benzene rings is 10. The molecule has 0 saturated carbocycles. The summed E-state index contributed by atoms with van der Waals surface area (Å²) in [5.41, 5.74) is 15.4. The predicted molar refractivity (Wildman–Crippen MR) is 223 cm³/mol. The zero-order valence-corrected chi connectivity index (χ0v) is 28.5. The Labute approximate surface area is 302 Å². The topological polar surface area (TPSA) is 0 Å². The number of fused-ring (bicyclic) bond motifs is 6. The van der Waals surface area contributed by atoms with E-state index < -0.39 is 0 Å².